The van der Waals surface area contributed by atoms with Crippen molar-refractivity contribution in [3.05, 3.63) is 53.6 Å². The fraction of sp³-hybridized carbons (Fsp3) is 0.455. The number of carbonyl (C=O) groups excluding carboxylic acids is 1. The Balaban J connectivity index is 1.47. The fourth-order valence-corrected chi connectivity index (χ4v) is 4.81. The van der Waals surface area contributed by atoms with Crippen molar-refractivity contribution in [2.24, 2.45) is 10.9 Å². The quantitative estimate of drug-likeness (QED) is 0.405. The molecule has 3 atom stereocenters. The van der Waals surface area contributed by atoms with Gasteiger partial charge in [0.15, 0.2) is 10.7 Å². The van der Waals surface area contributed by atoms with E-state index in [4.69, 9.17) is 4.74 Å². The zero-order valence-electron chi connectivity index (χ0n) is 17.7. The van der Waals surface area contributed by atoms with Gasteiger partial charge in [-0.05, 0) is 47.8 Å². The van der Waals surface area contributed by atoms with Gasteiger partial charge in [-0.3, -0.25) is 9.79 Å². The first kappa shape index (κ1) is 24.3. The minimum Gasteiger partial charge on any atom is -0.611 e. The SMILES string of the molecule is CCC(CCNCC(F)(F)F)[S+]([O-])c1ccc(CNC(=O)C2=CC3CC=NC=C3O2)cc1. The summed E-state index contributed by atoms with van der Waals surface area (Å²) in [6.45, 7) is 1.25. The lowest BCUT2D eigenvalue weighted by atomic mass is 10.0. The molecular formula is C22H26F3N3O3S. The monoisotopic (exact) mass is 469 g/mol. The summed E-state index contributed by atoms with van der Waals surface area (Å²) in [5.74, 6) is 0.668. The predicted octanol–water partition coefficient (Wildman–Crippen LogP) is 3.58. The molecule has 3 rings (SSSR count). The third-order valence-corrected chi connectivity index (χ3v) is 7.08. The molecule has 0 radical (unpaired) electrons. The van der Waals surface area contributed by atoms with Crippen molar-refractivity contribution in [1.82, 2.24) is 10.6 Å². The van der Waals surface area contributed by atoms with Gasteiger partial charge in [-0.15, -0.1) is 0 Å². The van der Waals surface area contributed by atoms with E-state index in [0.717, 1.165) is 5.56 Å². The Morgan fingerprint density at radius 3 is 2.75 bits per heavy atom. The van der Waals surface area contributed by atoms with E-state index in [9.17, 15) is 22.5 Å². The Morgan fingerprint density at radius 1 is 1.34 bits per heavy atom. The summed E-state index contributed by atoms with van der Waals surface area (Å²) in [5, 5.41) is 4.91. The molecule has 0 aliphatic carbocycles. The first-order valence-corrected chi connectivity index (χ1v) is 11.6. The van der Waals surface area contributed by atoms with Gasteiger partial charge in [0.25, 0.3) is 5.91 Å². The number of aliphatic imine (C=N–C) groups is 1. The van der Waals surface area contributed by atoms with Gasteiger partial charge in [0.1, 0.15) is 11.0 Å². The molecule has 0 saturated carbocycles. The van der Waals surface area contributed by atoms with Gasteiger partial charge in [-0.2, -0.15) is 13.2 Å². The van der Waals surface area contributed by atoms with Gasteiger partial charge < -0.3 is 19.9 Å². The number of nitrogens with one attached hydrogen (secondary N) is 2. The van der Waals surface area contributed by atoms with Crippen LogP contribution in [0.5, 0.6) is 0 Å². The Bertz CT molecular complexity index is 885. The number of hydrogen-bond donors (Lipinski definition) is 2. The molecule has 0 bridgehead atoms. The molecule has 0 spiro atoms. The largest absolute Gasteiger partial charge is 0.611 e. The second kappa shape index (κ2) is 11.0. The van der Waals surface area contributed by atoms with E-state index in [2.05, 4.69) is 15.6 Å². The highest BCUT2D eigenvalue weighted by Crippen LogP contribution is 2.31. The van der Waals surface area contributed by atoms with Crippen LogP contribution in [0.3, 0.4) is 0 Å². The molecule has 1 amide bonds. The van der Waals surface area contributed by atoms with Crippen LogP contribution in [0.25, 0.3) is 0 Å². The first-order valence-electron chi connectivity index (χ1n) is 10.4. The van der Waals surface area contributed by atoms with Crippen molar-refractivity contribution < 1.29 is 27.3 Å². The van der Waals surface area contributed by atoms with Crippen LogP contribution in [-0.2, 0) is 27.3 Å². The molecular weight excluding hydrogens is 443 g/mol. The molecule has 174 valence electrons. The maximum absolute atomic E-state index is 12.8. The average molecular weight is 470 g/mol. The fourth-order valence-electron chi connectivity index (χ4n) is 3.39. The third kappa shape index (κ3) is 6.85. The van der Waals surface area contributed by atoms with Crippen molar-refractivity contribution >= 4 is 23.3 Å². The van der Waals surface area contributed by atoms with E-state index in [0.29, 0.717) is 29.9 Å². The summed E-state index contributed by atoms with van der Waals surface area (Å²) < 4.78 is 55.0. The maximum atomic E-state index is 12.8. The Kier molecular flexibility index (Phi) is 8.38. The summed E-state index contributed by atoms with van der Waals surface area (Å²) in [6, 6.07) is 7.02. The number of halogens is 3. The van der Waals surface area contributed by atoms with Gasteiger partial charge in [-0.25, -0.2) is 0 Å². The van der Waals surface area contributed by atoms with Crippen molar-refractivity contribution in [2.45, 2.75) is 49.1 Å². The van der Waals surface area contributed by atoms with Gasteiger partial charge in [0, 0.05) is 31.6 Å². The van der Waals surface area contributed by atoms with Crippen LogP contribution >= 0.6 is 0 Å². The lowest BCUT2D eigenvalue weighted by molar-refractivity contribution is -0.124. The number of allylic oxidation sites excluding steroid dienone is 1. The highest BCUT2D eigenvalue weighted by atomic mass is 32.2. The second-order valence-corrected chi connectivity index (χ2v) is 9.31. The van der Waals surface area contributed by atoms with Crippen molar-refractivity contribution in [3.63, 3.8) is 0 Å². The molecule has 10 heteroatoms. The van der Waals surface area contributed by atoms with Gasteiger partial charge in [-0.1, -0.05) is 19.1 Å². The van der Waals surface area contributed by atoms with Gasteiger partial charge >= 0.3 is 6.18 Å². The molecule has 6 nitrogen and oxygen atoms in total. The molecule has 2 aliphatic rings. The number of ether oxygens (including phenoxy) is 1. The number of alkyl halides is 3. The molecule has 32 heavy (non-hydrogen) atoms. The second-order valence-electron chi connectivity index (χ2n) is 7.57. The molecule has 0 aromatic heterocycles. The number of hydrogen-bond acceptors (Lipinski definition) is 5. The molecule has 3 unspecified atom stereocenters. The van der Waals surface area contributed by atoms with Gasteiger partial charge in [0.05, 0.1) is 12.7 Å². The molecule has 2 heterocycles. The summed E-state index contributed by atoms with van der Waals surface area (Å²) >= 11 is -1.33. The van der Waals surface area contributed by atoms with Crippen LogP contribution in [0.1, 0.15) is 31.7 Å². The predicted molar refractivity (Wildman–Crippen MR) is 116 cm³/mol. The molecule has 1 aromatic carbocycles. The van der Waals surface area contributed by atoms with Crippen LogP contribution in [0.4, 0.5) is 13.2 Å². The van der Waals surface area contributed by atoms with Crippen molar-refractivity contribution in [3.8, 4) is 0 Å². The number of amides is 1. The van der Waals surface area contributed by atoms with E-state index >= 15 is 0 Å². The van der Waals surface area contributed by atoms with Crippen molar-refractivity contribution in [2.75, 3.05) is 13.1 Å². The van der Waals surface area contributed by atoms with Gasteiger partial charge in [0.2, 0.25) is 0 Å². The minimum atomic E-state index is -4.25. The number of nitrogens with zero attached hydrogens (tertiary/aromatic N) is 1. The number of benzene rings is 1. The normalized spacial score (nSPS) is 19.5. The summed E-state index contributed by atoms with van der Waals surface area (Å²) in [4.78, 5) is 17.0. The summed E-state index contributed by atoms with van der Waals surface area (Å²) in [6.07, 6.45) is 2.61. The van der Waals surface area contributed by atoms with Crippen LogP contribution in [0, 0.1) is 5.92 Å². The summed E-state index contributed by atoms with van der Waals surface area (Å²) in [5.41, 5.74) is 0.831. The third-order valence-electron chi connectivity index (χ3n) is 5.17. The van der Waals surface area contributed by atoms with Crippen LogP contribution < -0.4 is 10.6 Å². The van der Waals surface area contributed by atoms with E-state index in [-0.39, 0.29) is 35.9 Å². The molecule has 0 saturated heterocycles. The number of carbonyl (C=O) groups is 1. The molecule has 1 aromatic rings. The zero-order valence-corrected chi connectivity index (χ0v) is 18.5. The molecule has 0 fully saturated rings. The lowest BCUT2D eigenvalue weighted by Crippen LogP contribution is -2.32. The molecule has 2 aliphatic heterocycles. The van der Waals surface area contributed by atoms with E-state index in [1.54, 1.807) is 42.8 Å². The first-order chi connectivity index (χ1) is 15.3. The Morgan fingerprint density at radius 2 is 2.09 bits per heavy atom. The number of rotatable bonds is 10. The van der Waals surface area contributed by atoms with E-state index in [1.165, 1.54) is 0 Å². The highest BCUT2D eigenvalue weighted by molar-refractivity contribution is 7.92. The highest BCUT2D eigenvalue weighted by Gasteiger charge is 2.29. The average Bonchev–Trinajstić information content (AvgIpc) is 3.21. The van der Waals surface area contributed by atoms with Crippen LogP contribution in [-0.4, -0.2) is 41.2 Å². The summed E-state index contributed by atoms with van der Waals surface area (Å²) in [7, 11) is 0. The minimum absolute atomic E-state index is 0.0534. The Labute approximate surface area is 188 Å². The topological polar surface area (TPSA) is 85.8 Å². The van der Waals surface area contributed by atoms with Crippen molar-refractivity contribution in [1.29, 1.82) is 0 Å². The van der Waals surface area contributed by atoms with Crippen LogP contribution in [0.2, 0.25) is 0 Å². The lowest BCUT2D eigenvalue weighted by Gasteiger charge is -2.21. The van der Waals surface area contributed by atoms with E-state index in [1.807, 2.05) is 6.92 Å². The molecule has 2 N–H and O–H groups in total. The zero-order chi connectivity index (χ0) is 23.1. The standard InChI is InChI=1S/C22H26F3N3O3S/c1-2-17(8-10-27-14-22(23,24)25)32(30)18-5-3-15(4-6-18)12-28-21(29)19-11-16-7-9-26-13-20(16)31-19/h3-6,9,11,13,16-17,27H,2,7-8,10,12,14H2,1H3,(H,28,29). The Hall–Kier alpha value is -2.30. The maximum Gasteiger partial charge on any atom is 0.401 e. The number of fused-ring (bicyclic) bond motifs is 1. The van der Waals surface area contributed by atoms with Crippen LogP contribution in [0.15, 0.2) is 57.9 Å². The van der Waals surface area contributed by atoms with E-state index < -0.39 is 23.9 Å². The smallest absolute Gasteiger partial charge is 0.401 e.